The maximum atomic E-state index is 12.4. The van der Waals surface area contributed by atoms with Gasteiger partial charge in [-0.2, -0.15) is 0 Å². The first-order chi connectivity index (χ1) is 9.16. The van der Waals surface area contributed by atoms with Crippen molar-refractivity contribution >= 4 is 17.6 Å². The minimum atomic E-state index is -0.954. The van der Waals surface area contributed by atoms with Crippen LogP contribution in [0.1, 0.15) is 22.3 Å². The number of nitrogens with one attached hydrogen (secondary N) is 1. The average molecular weight is 260 g/mol. The number of carboxylic acid groups (broad SMARTS) is 1. The van der Waals surface area contributed by atoms with Crippen LogP contribution < -0.4 is 10.2 Å². The molecule has 5 heteroatoms. The van der Waals surface area contributed by atoms with E-state index in [-0.39, 0.29) is 17.4 Å². The SMILES string of the molecule is O=C(O)c1ccc2c(c1)N(C(=O)C1CCNC1)CC2. The highest BCUT2D eigenvalue weighted by Gasteiger charge is 2.32. The molecule has 2 aliphatic rings. The van der Waals surface area contributed by atoms with Crippen molar-refractivity contribution in [2.45, 2.75) is 12.8 Å². The van der Waals surface area contributed by atoms with Crippen molar-refractivity contribution in [1.82, 2.24) is 5.32 Å². The Morgan fingerprint density at radius 1 is 1.37 bits per heavy atom. The van der Waals surface area contributed by atoms with Crippen LogP contribution in [0, 0.1) is 5.92 Å². The molecule has 19 heavy (non-hydrogen) atoms. The molecule has 0 bridgehead atoms. The maximum Gasteiger partial charge on any atom is 0.335 e. The van der Waals surface area contributed by atoms with Crippen LogP contribution in [0.5, 0.6) is 0 Å². The van der Waals surface area contributed by atoms with Crippen LogP contribution in [-0.4, -0.2) is 36.6 Å². The first-order valence-electron chi connectivity index (χ1n) is 6.55. The van der Waals surface area contributed by atoms with Crippen LogP contribution in [0.3, 0.4) is 0 Å². The molecule has 100 valence electrons. The lowest BCUT2D eigenvalue weighted by atomic mass is 10.1. The molecule has 1 amide bonds. The number of hydrogen-bond donors (Lipinski definition) is 2. The van der Waals surface area contributed by atoms with E-state index in [1.54, 1.807) is 17.0 Å². The maximum absolute atomic E-state index is 12.4. The third-order valence-corrected chi connectivity index (χ3v) is 3.90. The lowest BCUT2D eigenvalue weighted by Crippen LogP contribution is -2.35. The second kappa shape index (κ2) is 4.66. The summed E-state index contributed by atoms with van der Waals surface area (Å²) in [5, 5.41) is 12.2. The molecule has 3 rings (SSSR count). The standard InChI is InChI=1S/C14H16N2O3/c17-13(11-3-5-15-8-11)16-6-4-9-1-2-10(14(18)19)7-12(9)16/h1-2,7,11,15H,3-6,8H2,(H,18,19). The van der Waals surface area contributed by atoms with E-state index >= 15 is 0 Å². The number of amides is 1. The molecule has 1 saturated heterocycles. The topological polar surface area (TPSA) is 69.6 Å². The van der Waals surface area contributed by atoms with Gasteiger partial charge in [0.1, 0.15) is 0 Å². The molecule has 2 aliphatic heterocycles. The molecule has 0 radical (unpaired) electrons. The van der Waals surface area contributed by atoms with Crippen molar-refractivity contribution in [2.24, 2.45) is 5.92 Å². The molecule has 0 aromatic heterocycles. The number of rotatable bonds is 2. The summed E-state index contributed by atoms with van der Waals surface area (Å²) in [5.74, 6) is -0.810. The number of carboxylic acids is 1. The van der Waals surface area contributed by atoms with Crippen molar-refractivity contribution < 1.29 is 14.7 Å². The second-order valence-corrected chi connectivity index (χ2v) is 5.08. The van der Waals surface area contributed by atoms with E-state index in [4.69, 9.17) is 5.11 Å². The van der Waals surface area contributed by atoms with Gasteiger partial charge >= 0.3 is 5.97 Å². The highest BCUT2D eigenvalue weighted by atomic mass is 16.4. The first-order valence-corrected chi connectivity index (χ1v) is 6.55. The van der Waals surface area contributed by atoms with Gasteiger partial charge in [-0.05, 0) is 37.1 Å². The quantitative estimate of drug-likeness (QED) is 0.828. The van der Waals surface area contributed by atoms with Crippen LogP contribution in [0.25, 0.3) is 0 Å². The Kier molecular flexibility index (Phi) is 2.98. The molecule has 0 saturated carbocycles. The molecule has 1 unspecified atom stereocenters. The fourth-order valence-electron chi connectivity index (χ4n) is 2.83. The molecule has 1 atom stereocenters. The van der Waals surface area contributed by atoms with Gasteiger partial charge in [0, 0.05) is 18.8 Å². The van der Waals surface area contributed by atoms with Crippen LogP contribution in [-0.2, 0) is 11.2 Å². The number of carbonyl (C=O) groups excluding carboxylic acids is 1. The summed E-state index contributed by atoms with van der Waals surface area (Å²) in [7, 11) is 0. The summed E-state index contributed by atoms with van der Waals surface area (Å²) in [6, 6.07) is 5.04. The Labute approximate surface area is 111 Å². The number of fused-ring (bicyclic) bond motifs is 1. The fourth-order valence-corrected chi connectivity index (χ4v) is 2.83. The summed E-state index contributed by atoms with van der Waals surface area (Å²) in [4.78, 5) is 25.2. The van der Waals surface area contributed by atoms with Crippen molar-refractivity contribution in [3.05, 3.63) is 29.3 Å². The van der Waals surface area contributed by atoms with Crippen LogP contribution >= 0.6 is 0 Å². The minimum Gasteiger partial charge on any atom is -0.478 e. The molecule has 0 spiro atoms. The summed E-state index contributed by atoms with van der Waals surface area (Å²) in [5.41, 5.74) is 2.07. The molecule has 1 aromatic rings. The third kappa shape index (κ3) is 2.10. The zero-order valence-corrected chi connectivity index (χ0v) is 10.6. The monoisotopic (exact) mass is 260 g/mol. The molecule has 1 fully saturated rings. The van der Waals surface area contributed by atoms with E-state index in [9.17, 15) is 9.59 Å². The van der Waals surface area contributed by atoms with Gasteiger partial charge < -0.3 is 15.3 Å². The molecular formula is C14H16N2O3. The normalized spacial score (nSPS) is 21.5. The smallest absolute Gasteiger partial charge is 0.335 e. The van der Waals surface area contributed by atoms with Crippen molar-refractivity contribution in [1.29, 1.82) is 0 Å². The van der Waals surface area contributed by atoms with E-state index < -0.39 is 5.97 Å². The van der Waals surface area contributed by atoms with Gasteiger partial charge in [0.2, 0.25) is 5.91 Å². The number of benzene rings is 1. The van der Waals surface area contributed by atoms with E-state index in [0.29, 0.717) is 6.54 Å². The number of hydrogen-bond acceptors (Lipinski definition) is 3. The first kappa shape index (κ1) is 12.2. The van der Waals surface area contributed by atoms with Gasteiger partial charge in [0.25, 0.3) is 0 Å². The highest BCUT2D eigenvalue weighted by Crippen LogP contribution is 2.31. The van der Waals surface area contributed by atoms with Gasteiger partial charge in [-0.3, -0.25) is 4.79 Å². The number of carbonyl (C=O) groups is 2. The predicted molar refractivity (Wildman–Crippen MR) is 70.4 cm³/mol. The number of nitrogens with zero attached hydrogens (tertiary/aromatic N) is 1. The Morgan fingerprint density at radius 3 is 2.89 bits per heavy atom. The largest absolute Gasteiger partial charge is 0.478 e. The number of anilines is 1. The van der Waals surface area contributed by atoms with Crippen LogP contribution in [0.15, 0.2) is 18.2 Å². The summed E-state index contributed by atoms with van der Waals surface area (Å²) >= 11 is 0. The average Bonchev–Trinajstić information content (AvgIpc) is 3.06. The van der Waals surface area contributed by atoms with Crippen molar-refractivity contribution in [3.8, 4) is 0 Å². The predicted octanol–water partition coefficient (Wildman–Crippen LogP) is 0.883. The number of aromatic carboxylic acids is 1. The van der Waals surface area contributed by atoms with Crippen molar-refractivity contribution in [2.75, 3.05) is 24.5 Å². The Balaban J connectivity index is 1.89. The lowest BCUT2D eigenvalue weighted by Gasteiger charge is -2.21. The molecular weight excluding hydrogens is 244 g/mol. The van der Waals surface area contributed by atoms with Gasteiger partial charge in [-0.25, -0.2) is 4.79 Å². The summed E-state index contributed by atoms with van der Waals surface area (Å²) < 4.78 is 0. The summed E-state index contributed by atoms with van der Waals surface area (Å²) in [6.45, 7) is 2.27. The summed E-state index contributed by atoms with van der Waals surface area (Å²) in [6.07, 6.45) is 1.67. The van der Waals surface area contributed by atoms with Crippen LogP contribution in [0.4, 0.5) is 5.69 Å². The third-order valence-electron chi connectivity index (χ3n) is 3.90. The molecule has 2 N–H and O–H groups in total. The van der Waals surface area contributed by atoms with Gasteiger partial charge in [-0.15, -0.1) is 0 Å². The lowest BCUT2D eigenvalue weighted by molar-refractivity contribution is -0.121. The van der Waals surface area contributed by atoms with E-state index in [1.165, 1.54) is 0 Å². The molecule has 2 heterocycles. The Bertz CT molecular complexity index is 535. The molecule has 0 aliphatic carbocycles. The second-order valence-electron chi connectivity index (χ2n) is 5.08. The van der Waals surface area contributed by atoms with Crippen LogP contribution in [0.2, 0.25) is 0 Å². The van der Waals surface area contributed by atoms with E-state index in [1.807, 2.05) is 6.07 Å². The Hall–Kier alpha value is -1.88. The van der Waals surface area contributed by atoms with Crippen molar-refractivity contribution in [3.63, 3.8) is 0 Å². The molecule has 1 aromatic carbocycles. The van der Waals surface area contributed by atoms with Gasteiger partial charge in [0.15, 0.2) is 0 Å². The van der Waals surface area contributed by atoms with E-state index in [2.05, 4.69) is 5.32 Å². The zero-order chi connectivity index (χ0) is 13.4. The zero-order valence-electron chi connectivity index (χ0n) is 10.6. The van der Waals surface area contributed by atoms with Gasteiger partial charge in [0.05, 0.1) is 11.5 Å². The van der Waals surface area contributed by atoms with Gasteiger partial charge in [-0.1, -0.05) is 6.07 Å². The minimum absolute atomic E-state index is 0.0273. The Morgan fingerprint density at radius 2 is 2.21 bits per heavy atom. The van der Waals surface area contributed by atoms with E-state index in [0.717, 1.165) is 37.2 Å². The highest BCUT2D eigenvalue weighted by molar-refractivity contribution is 5.99. The molecule has 5 nitrogen and oxygen atoms in total. The fraction of sp³-hybridized carbons (Fsp3) is 0.429.